The normalized spacial score (nSPS) is 14.6. The Balaban J connectivity index is 2.74. The van der Waals surface area contributed by atoms with Gasteiger partial charge in [0.2, 0.25) is 0 Å². The van der Waals surface area contributed by atoms with Crippen molar-refractivity contribution in [3.05, 3.63) is 48.0 Å². The summed E-state index contributed by atoms with van der Waals surface area (Å²) in [5.41, 5.74) is 2.83. The average molecular weight is 203 g/mol. The molecule has 0 radical (unpaired) electrons. The highest BCUT2D eigenvalue weighted by molar-refractivity contribution is 5.23. The fraction of sp³-hybridized carbons (Fsp3) is 0.429. The average Bonchev–Trinajstić information content (AvgIpc) is 2.22. The van der Waals surface area contributed by atoms with Gasteiger partial charge < -0.3 is 5.32 Å². The van der Waals surface area contributed by atoms with Crippen molar-refractivity contribution in [3.63, 3.8) is 0 Å². The zero-order valence-electron chi connectivity index (χ0n) is 10.0. The smallest absolute Gasteiger partial charge is 0.00400 e. The van der Waals surface area contributed by atoms with E-state index >= 15 is 0 Å². The molecule has 0 spiro atoms. The SMILES string of the molecule is C=CC(C)(CNC)Cc1ccc(C)cc1. The molecule has 0 aliphatic carbocycles. The van der Waals surface area contributed by atoms with Gasteiger partial charge in [-0.1, -0.05) is 42.8 Å². The fourth-order valence-electron chi connectivity index (χ4n) is 1.78. The molecular weight excluding hydrogens is 182 g/mol. The van der Waals surface area contributed by atoms with E-state index in [1.165, 1.54) is 11.1 Å². The van der Waals surface area contributed by atoms with Crippen LogP contribution in [0, 0.1) is 12.3 Å². The van der Waals surface area contributed by atoms with E-state index in [0.29, 0.717) is 0 Å². The van der Waals surface area contributed by atoms with E-state index in [1.807, 2.05) is 13.1 Å². The number of benzene rings is 1. The first-order valence-corrected chi connectivity index (χ1v) is 5.43. The van der Waals surface area contributed by atoms with Crippen molar-refractivity contribution in [3.8, 4) is 0 Å². The molecule has 1 N–H and O–H groups in total. The summed E-state index contributed by atoms with van der Waals surface area (Å²) >= 11 is 0. The lowest BCUT2D eigenvalue weighted by Gasteiger charge is -2.25. The van der Waals surface area contributed by atoms with Gasteiger partial charge in [0, 0.05) is 12.0 Å². The molecule has 1 aromatic rings. The largest absolute Gasteiger partial charge is 0.319 e. The van der Waals surface area contributed by atoms with Gasteiger partial charge >= 0.3 is 0 Å². The third-order valence-electron chi connectivity index (χ3n) is 2.80. The molecule has 1 unspecified atom stereocenters. The van der Waals surface area contributed by atoms with Gasteiger partial charge in [-0.25, -0.2) is 0 Å². The maximum atomic E-state index is 3.93. The van der Waals surface area contributed by atoms with Gasteiger partial charge in [0.05, 0.1) is 0 Å². The van der Waals surface area contributed by atoms with Crippen molar-refractivity contribution < 1.29 is 0 Å². The summed E-state index contributed by atoms with van der Waals surface area (Å²) in [6.45, 7) is 9.24. The Hall–Kier alpha value is -1.08. The van der Waals surface area contributed by atoms with Gasteiger partial charge in [0.25, 0.3) is 0 Å². The molecule has 0 aliphatic rings. The monoisotopic (exact) mass is 203 g/mol. The van der Waals surface area contributed by atoms with Crippen LogP contribution in [-0.2, 0) is 6.42 Å². The molecule has 1 aromatic carbocycles. The summed E-state index contributed by atoms with van der Waals surface area (Å²) < 4.78 is 0. The van der Waals surface area contributed by atoms with Crippen LogP contribution >= 0.6 is 0 Å². The van der Waals surface area contributed by atoms with E-state index in [9.17, 15) is 0 Å². The first-order chi connectivity index (χ1) is 7.09. The fourth-order valence-corrected chi connectivity index (χ4v) is 1.78. The van der Waals surface area contributed by atoms with Crippen LogP contribution < -0.4 is 5.32 Å². The van der Waals surface area contributed by atoms with E-state index < -0.39 is 0 Å². The Kier molecular flexibility index (Phi) is 4.10. The number of nitrogens with one attached hydrogen (secondary N) is 1. The quantitative estimate of drug-likeness (QED) is 0.725. The van der Waals surface area contributed by atoms with Crippen LogP contribution in [0.2, 0.25) is 0 Å². The highest BCUT2D eigenvalue weighted by atomic mass is 14.8. The van der Waals surface area contributed by atoms with E-state index in [2.05, 4.69) is 50.0 Å². The zero-order chi connectivity index (χ0) is 11.3. The van der Waals surface area contributed by atoms with Crippen LogP contribution in [-0.4, -0.2) is 13.6 Å². The topological polar surface area (TPSA) is 12.0 Å². The van der Waals surface area contributed by atoms with E-state index in [1.54, 1.807) is 0 Å². The Morgan fingerprint density at radius 3 is 2.40 bits per heavy atom. The number of hydrogen-bond acceptors (Lipinski definition) is 1. The van der Waals surface area contributed by atoms with Crippen molar-refractivity contribution in [1.29, 1.82) is 0 Å². The lowest BCUT2D eigenvalue weighted by Crippen LogP contribution is -2.29. The Morgan fingerprint density at radius 1 is 1.33 bits per heavy atom. The zero-order valence-corrected chi connectivity index (χ0v) is 10.0. The van der Waals surface area contributed by atoms with Gasteiger partial charge in [-0.2, -0.15) is 0 Å². The van der Waals surface area contributed by atoms with E-state index in [0.717, 1.165) is 13.0 Å². The minimum Gasteiger partial charge on any atom is -0.319 e. The van der Waals surface area contributed by atoms with Crippen LogP contribution in [0.15, 0.2) is 36.9 Å². The molecule has 0 saturated heterocycles. The molecule has 1 atom stereocenters. The lowest BCUT2D eigenvalue weighted by molar-refractivity contribution is 0.406. The number of hydrogen-bond donors (Lipinski definition) is 1. The summed E-state index contributed by atoms with van der Waals surface area (Å²) in [6.07, 6.45) is 3.08. The second-order valence-electron chi connectivity index (χ2n) is 4.55. The van der Waals surface area contributed by atoms with Crippen LogP contribution in [0.1, 0.15) is 18.1 Å². The van der Waals surface area contributed by atoms with Crippen LogP contribution in [0.4, 0.5) is 0 Å². The summed E-state index contributed by atoms with van der Waals surface area (Å²) in [7, 11) is 1.98. The minimum absolute atomic E-state index is 0.143. The summed E-state index contributed by atoms with van der Waals surface area (Å²) in [4.78, 5) is 0. The number of aryl methyl sites for hydroxylation is 1. The standard InChI is InChI=1S/C14H21N/c1-5-14(3,11-15-4)10-13-8-6-12(2)7-9-13/h5-9,15H,1,10-11H2,2-4H3. The molecule has 1 nitrogen and oxygen atoms in total. The van der Waals surface area contributed by atoms with E-state index in [4.69, 9.17) is 0 Å². The van der Waals surface area contributed by atoms with Gasteiger partial charge in [-0.3, -0.25) is 0 Å². The summed E-state index contributed by atoms with van der Waals surface area (Å²) in [5, 5.41) is 3.22. The summed E-state index contributed by atoms with van der Waals surface area (Å²) in [5.74, 6) is 0. The second-order valence-corrected chi connectivity index (χ2v) is 4.55. The molecule has 15 heavy (non-hydrogen) atoms. The molecule has 82 valence electrons. The summed E-state index contributed by atoms with van der Waals surface area (Å²) in [6, 6.07) is 8.73. The first-order valence-electron chi connectivity index (χ1n) is 5.43. The Morgan fingerprint density at radius 2 is 1.93 bits per heavy atom. The van der Waals surface area contributed by atoms with Crippen molar-refractivity contribution >= 4 is 0 Å². The van der Waals surface area contributed by atoms with Gasteiger partial charge in [-0.05, 0) is 26.0 Å². The van der Waals surface area contributed by atoms with Crippen molar-refractivity contribution in [2.24, 2.45) is 5.41 Å². The Labute approximate surface area is 93.2 Å². The predicted molar refractivity (Wildman–Crippen MR) is 67.1 cm³/mol. The van der Waals surface area contributed by atoms with Crippen molar-refractivity contribution in [2.75, 3.05) is 13.6 Å². The third kappa shape index (κ3) is 3.52. The predicted octanol–water partition coefficient (Wildman–Crippen LogP) is 2.95. The molecule has 1 heteroatoms. The second kappa shape index (κ2) is 5.13. The molecule has 1 rings (SSSR count). The molecule has 0 amide bonds. The van der Waals surface area contributed by atoms with Crippen molar-refractivity contribution in [2.45, 2.75) is 20.3 Å². The molecule has 0 fully saturated rings. The molecule has 0 bridgehead atoms. The van der Waals surface area contributed by atoms with Gasteiger partial charge in [0.15, 0.2) is 0 Å². The molecule has 0 aliphatic heterocycles. The minimum atomic E-state index is 0.143. The maximum Gasteiger partial charge on any atom is 0.00400 e. The molecule has 0 aromatic heterocycles. The Bertz CT molecular complexity index is 313. The molecular formula is C14H21N. The van der Waals surface area contributed by atoms with Crippen LogP contribution in [0.25, 0.3) is 0 Å². The third-order valence-corrected chi connectivity index (χ3v) is 2.80. The van der Waals surface area contributed by atoms with Crippen LogP contribution in [0.5, 0.6) is 0 Å². The van der Waals surface area contributed by atoms with Crippen LogP contribution in [0.3, 0.4) is 0 Å². The lowest BCUT2D eigenvalue weighted by atomic mass is 9.83. The van der Waals surface area contributed by atoms with E-state index in [-0.39, 0.29) is 5.41 Å². The van der Waals surface area contributed by atoms with Gasteiger partial charge in [0.1, 0.15) is 0 Å². The molecule has 0 saturated carbocycles. The highest BCUT2D eigenvalue weighted by Crippen LogP contribution is 2.23. The number of rotatable bonds is 5. The first kappa shape index (κ1) is 12.0. The van der Waals surface area contributed by atoms with Crippen molar-refractivity contribution in [1.82, 2.24) is 5.32 Å². The maximum absolute atomic E-state index is 3.93. The molecule has 0 heterocycles. The van der Waals surface area contributed by atoms with Gasteiger partial charge in [-0.15, -0.1) is 6.58 Å². The highest BCUT2D eigenvalue weighted by Gasteiger charge is 2.19.